The number of hydrogen-bond donors (Lipinski definition) is 2. The maximum absolute atomic E-state index is 13.4. The van der Waals surface area contributed by atoms with Crippen LogP contribution in [-0.4, -0.2) is 47.1 Å². The van der Waals surface area contributed by atoms with E-state index in [9.17, 15) is 19.8 Å². The van der Waals surface area contributed by atoms with E-state index in [0.717, 1.165) is 31.3 Å². The first-order valence-electron chi connectivity index (χ1n) is 13.7. The van der Waals surface area contributed by atoms with Gasteiger partial charge in [0.15, 0.2) is 0 Å². The van der Waals surface area contributed by atoms with Gasteiger partial charge in [-0.25, -0.2) is 0 Å². The lowest BCUT2D eigenvalue weighted by Gasteiger charge is -2.43. The van der Waals surface area contributed by atoms with E-state index in [2.05, 4.69) is 33.8 Å². The molecule has 2 N–H and O–H groups in total. The molecule has 0 aromatic heterocycles. The fraction of sp³-hybridized carbons (Fsp3) is 0.793. The van der Waals surface area contributed by atoms with E-state index < -0.39 is 18.0 Å². The third-order valence-corrected chi connectivity index (χ3v) is 8.72. The number of allylic oxidation sites excluding steroid dienone is 2. The molecule has 0 amide bonds. The molecule has 1 heterocycles. The lowest BCUT2D eigenvalue weighted by molar-refractivity contribution is -0.162. The van der Waals surface area contributed by atoms with Crippen LogP contribution < -0.4 is 0 Å². The summed E-state index contributed by atoms with van der Waals surface area (Å²) in [5.41, 5.74) is 1.03. The molecule has 1 saturated heterocycles. The molecule has 1 unspecified atom stereocenters. The van der Waals surface area contributed by atoms with Crippen molar-refractivity contribution in [3.05, 3.63) is 23.8 Å². The Morgan fingerprint density at radius 3 is 2.60 bits per heavy atom. The molecule has 2 aliphatic carbocycles. The first kappa shape index (κ1) is 27.9. The third-order valence-electron chi connectivity index (χ3n) is 8.72. The number of rotatable bonds is 10. The number of esters is 1. The summed E-state index contributed by atoms with van der Waals surface area (Å²) in [4.78, 5) is 25.3. The molecule has 0 aromatic rings. The lowest BCUT2D eigenvalue weighted by atomic mass is 9.65. The third kappa shape index (κ3) is 7.19. The number of carboxylic acids is 1. The number of aliphatic hydroxyl groups excluding tert-OH is 1. The van der Waals surface area contributed by atoms with E-state index >= 15 is 0 Å². The largest absolute Gasteiger partial charge is 0.481 e. The maximum atomic E-state index is 13.4. The highest BCUT2D eigenvalue weighted by Crippen LogP contribution is 2.45. The molecule has 0 radical (unpaired) electrons. The molecule has 0 saturated carbocycles. The van der Waals surface area contributed by atoms with E-state index in [4.69, 9.17) is 9.47 Å². The molecule has 0 spiro atoms. The summed E-state index contributed by atoms with van der Waals surface area (Å²) in [5, 5.41) is 19.8. The van der Waals surface area contributed by atoms with E-state index in [1.807, 2.05) is 19.1 Å². The Bertz CT molecular complexity index is 799. The predicted molar refractivity (Wildman–Crippen MR) is 136 cm³/mol. The molecule has 3 rings (SSSR count). The Hall–Kier alpha value is -1.66. The van der Waals surface area contributed by atoms with Gasteiger partial charge in [0.05, 0.1) is 24.0 Å². The topological polar surface area (TPSA) is 93.1 Å². The molecule has 198 valence electrons. The van der Waals surface area contributed by atoms with Gasteiger partial charge in [-0.1, -0.05) is 59.3 Å². The van der Waals surface area contributed by atoms with Crippen molar-refractivity contribution >= 4 is 11.9 Å². The number of carboxylic acid groups (broad SMARTS) is 1. The summed E-state index contributed by atoms with van der Waals surface area (Å²) in [7, 11) is 0. The van der Waals surface area contributed by atoms with Crippen LogP contribution in [0.15, 0.2) is 23.8 Å². The first-order valence-corrected chi connectivity index (χ1v) is 13.7. The minimum Gasteiger partial charge on any atom is -0.481 e. The quantitative estimate of drug-likeness (QED) is 0.391. The number of aliphatic carboxylic acids is 1. The Balaban J connectivity index is 1.80. The zero-order chi connectivity index (χ0) is 25.8. The molecule has 1 fully saturated rings. The van der Waals surface area contributed by atoms with Gasteiger partial charge in [-0.3, -0.25) is 9.59 Å². The van der Waals surface area contributed by atoms with Crippen molar-refractivity contribution in [3.8, 4) is 0 Å². The molecule has 0 aromatic carbocycles. The molecular formula is C29H46O6. The summed E-state index contributed by atoms with van der Waals surface area (Å²) < 4.78 is 12.1. The zero-order valence-electron chi connectivity index (χ0n) is 22.2. The number of ether oxygens (including phenoxy) is 2. The fourth-order valence-corrected chi connectivity index (χ4v) is 6.07. The van der Waals surface area contributed by atoms with Crippen LogP contribution >= 0.6 is 0 Å². The van der Waals surface area contributed by atoms with Crippen molar-refractivity contribution in [1.29, 1.82) is 0 Å². The predicted octanol–water partition coefficient (Wildman–Crippen LogP) is 5.54. The van der Waals surface area contributed by atoms with Crippen LogP contribution in [0.2, 0.25) is 0 Å². The zero-order valence-corrected chi connectivity index (χ0v) is 22.2. The Labute approximate surface area is 211 Å². The van der Waals surface area contributed by atoms with Gasteiger partial charge in [0, 0.05) is 18.9 Å². The standard InChI is InChI=1S/C29H46O6/c1-6-19(17-29(4,5)7-2)28(33)35-25-15-21(27(31)32)14-20-9-8-18(3)24(26(20)25)11-10-23-16-22(30)12-13-34-23/h8-9,14,18-19,21-26,30H,6-7,10-13,15-17H2,1-5H3,(H,31,32)/t18-,19?,21+,22+,23+,24-,25-,26-/m0/s1. The minimum atomic E-state index is -0.871. The molecule has 35 heavy (non-hydrogen) atoms. The average molecular weight is 491 g/mol. The summed E-state index contributed by atoms with van der Waals surface area (Å²) >= 11 is 0. The smallest absolute Gasteiger partial charge is 0.310 e. The Kier molecular flexibility index (Phi) is 9.61. The van der Waals surface area contributed by atoms with E-state index in [0.29, 0.717) is 32.3 Å². The van der Waals surface area contributed by atoms with Crippen molar-refractivity contribution in [3.63, 3.8) is 0 Å². The van der Waals surface area contributed by atoms with Gasteiger partial charge in [0.25, 0.3) is 0 Å². The second-order valence-corrected chi connectivity index (χ2v) is 11.8. The highest BCUT2D eigenvalue weighted by atomic mass is 16.5. The van der Waals surface area contributed by atoms with Crippen molar-refractivity contribution in [2.75, 3.05) is 6.61 Å². The molecule has 3 aliphatic rings. The first-order chi connectivity index (χ1) is 16.5. The molecule has 1 aliphatic heterocycles. The average Bonchev–Trinajstić information content (AvgIpc) is 2.81. The molecule has 0 bridgehead atoms. The van der Waals surface area contributed by atoms with Gasteiger partial charge in [-0.2, -0.15) is 0 Å². The van der Waals surface area contributed by atoms with Gasteiger partial charge >= 0.3 is 11.9 Å². The number of fused-ring (bicyclic) bond motifs is 1. The van der Waals surface area contributed by atoms with Crippen LogP contribution in [0.5, 0.6) is 0 Å². The van der Waals surface area contributed by atoms with Crippen molar-refractivity contribution in [1.82, 2.24) is 0 Å². The Morgan fingerprint density at radius 1 is 1.23 bits per heavy atom. The normalized spacial score (nSPS) is 34.0. The van der Waals surface area contributed by atoms with Crippen LogP contribution in [0, 0.1) is 35.0 Å². The van der Waals surface area contributed by atoms with Gasteiger partial charge in [0.1, 0.15) is 6.10 Å². The highest BCUT2D eigenvalue weighted by molar-refractivity contribution is 5.74. The number of carbonyl (C=O) groups excluding carboxylic acids is 1. The highest BCUT2D eigenvalue weighted by Gasteiger charge is 2.44. The van der Waals surface area contributed by atoms with Gasteiger partial charge in [-0.15, -0.1) is 0 Å². The number of hydrogen-bond acceptors (Lipinski definition) is 5. The van der Waals surface area contributed by atoms with Crippen molar-refractivity contribution in [2.24, 2.45) is 35.0 Å². The lowest BCUT2D eigenvalue weighted by Crippen LogP contribution is -2.43. The molecule has 8 atom stereocenters. The van der Waals surface area contributed by atoms with Crippen LogP contribution in [0.3, 0.4) is 0 Å². The number of aliphatic hydroxyl groups is 1. The van der Waals surface area contributed by atoms with Crippen LogP contribution in [0.25, 0.3) is 0 Å². The van der Waals surface area contributed by atoms with Crippen LogP contribution in [0.4, 0.5) is 0 Å². The summed E-state index contributed by atoms with van der Waals surface area (Å²) in [5.74, 6) is -1.40. The van der Waals surface area contributed by atoms with Crippen molar-refractivity contribution in [2.45, 2.75) is 104 Å². The number of carbonyl (C=O) groups is 2. The summed E-state index contributed by atoms with van der Waals surface area (Å²) in [6, 6.07) is 0. The van der Waals surface area contributed by atoms with Gasteiger partial charge in [-0.05, 0) is 61.3 Å². The second-order valence-electron chi connectivity index (χ2n) is 11.8. The van der Waals surface area contributed by atoms with Gasteiger partial charge < -0.3 is 19.7 Å². The minimum absolute atomic E-state index is 0.0141. The fourth-order valence-electron chi connectivity index (χ4n) is 6.07. The Morgan fingerprint density at radius 2 is 1.97 bits per heavy atom. The van der Waals surface area contributed by atoms with Crippen molar-refractivity contribution < 1.29 is 29.3 Å². The van der Waals surface area contributed by atoms with E-state index in [1.54, 1.807) is 0 Å². The van der Waals surface area contributed by atoms with E-state index in [1.165, 1.54) is 0 Å². The SMILES string of the molecule is CCC(CC(C)(C)CC)C(=O)O[C@H]1C[C@H](C(=O)O)C=C2C=C[C@H](C)[C@H](CC[C@@H]3C[C@H](O)CCO3)[C@H]21. The van der Waals surface area contributed by atoms with E-state index in [-0.39, 0.29) is 47.3 Å². The van der Waals surface area contributed by atoms with Crippen LogP contribution in [-0.2, 0) is 19.1 Å². The monoisotopic (exact) mass is 490 g/mol. The van der Waals surface area contributed by atoms with Crippen LogP contribution in [0.1, 0.15) is 86.0 Å². The molecular weight excluding hydrogens is 444 g/mol. The molecule has 6 heteroatoms. The molecule has 6 nitrogen and oxygen atoms in total. The summed E-state index contributed by atoms with van der Waals surface area (Å²) in [6.45, 7) is 11.3. The second kappa shape index (κ2) is 12.1. The van der Waals surface area contributed by atoms with Gasteiger partial charge in [0.2, 0.25) is 0 Å². The summed E-state index contributed by atoms with van der Waals surface area (Å²) in [6.07, 6.45) is 11.2. The maximum Gasteiger partial charge on any atom is 0.310 e.